The summed E-state index contributed by atoms with van der Waals surface area (Å²) >= 11 is 0. The molecular weight excluding hydrogens is 462 g/mol. The van der Waals surface area contributed by atoms with Gasteiger partial charge in [0.2, 0.25) is 0 Å². The molecule has 8 heteroatoms. The Kier molecular flexibility index (Phi) is 7.67. The van der Waals surface area contributed by atoms with Gasteiger partial charge in [0.25, 0.3) is 0 Å². The number of anilines is 2. The van der Waals surface area contributed by atoms with E-state index in [1.54, 1.807) is 0 Å². The van der Waals surface area contributed by atoms with Crippen molar-refractivity contribution in [3.05, 3.63) is 72.1 Å². The molecule has 194 valence electrons. The molecular formula is C29H37N7O. The lowest BCUT2D eigenvalue weighted by atomic mass is 9.75. The molecule has 8 nitrogen and oxygen atoms in total. The average Bonchev–Trinajstić information content (AvgIpc) is 2.88. The van der Waals surface area contributed by atoms with Crippen molar-refractivity contribution in [3.8, 4) is 11.5 Å². The van der Waals surface area contributed by atoms with Gasteiger partial charge in [0, 0.05) is 43.2 Å². The average molecular weight is 500 g/mol. The molecule has 1 aliphatic carbocycles. The van der Waals surface area contributed by atoms with Crippen LogP contribution < -0.4 is 21.1 Å². The van der Waals surface area contributed by atoms with Crippen molar-refractivity contribution in [3.63, 3.8) is 0 Å². The van der Waals surface area contributed by atoms with E-state index in [1.165, 1.54) is 51.8 Å². The van der Waals surface area contributed by atoms with Gasteiger partial charge in [-0.3, -0.25) is 5.41 Å². The predicted molar refractivity (Wildman–Crippen MR) is 149 cm³/mol. The van der Waals surface area contributed by atoms with E-state index in [2.05, 4.69) is 32.5 Å². The van der Waals surface area contributed by atoms with Crippen LogP contribution in [0.4, 0.5) is 11.6 Å². The third-order valence-corrected chi connectivity index (χ3v) is 7.41. The first kappa shape index (κ1) is 25.2. The maximum Gasteiger partial charge on any atom is 0.141 e. The highest BCUT2D eigenvalue weighted by molar-refractivity contribution is 6.16. The number of hydrogen-bond acceptors (Lipinski definition) is 8. The van der Waals surface area contributed by atoms with Gasteiger partial charge in [-0.2, -0.15) is 0 Å². The summed E-state index contributed by atoms with van der Waals surface area (Å²) in [6.45, 7) is 5.16. The minimum absolute atomic E-state index is 0.299. The van der Waals surface area contributed by atoms with Crippen molar-refractivity contribution in [1.29, 1.82) is 5.41 Å². The van der Waals surface area contributed by atoms with E-state index < -0.39 is 0 Å². The van der Waals surface area contributed by atoms with Crippen LogP contribution in [0.5, 0.6) is 11.5 Å². The number of benzene rings is 2. The zero-order chi connectivity index (χ0) is 25.7. The summed E-state index contributed by atoms with van der Waals surface area (Å²) in [6.07, 6.45) is 7.39. The highest BCUT2D eigenvalue weighted by Crippen LogP contribution is 2.32. The van der Waals surface area contributed by atoms with Crippen LogP contribution in [0.15, 0.2) is 60.9 Å². The molecule has 3 heterocycles. The Bertz CT molecular complexity index is 1180. The third-order valence-electron chi connectivity index (χ3n) is 7.41. The molecule has 1 saturated carbocycles. The largest absolute Gasteiger partial charge is 0.457 e. The molecule has 3 aliphatic rings. The number of nitrogens with zero attached hydrogens (tertiary/aromatic N) is 3. The van der Waals surface area contributed by atoms with Crippen molar-refractivity contribution in [2.75, 3.05) is 44.3 Å². The van der Waals surface area contributed by atoms with Gasteiger partial charge >= 0.3 is 0 Å². The standard InChI is InChI=1S/C23H25N5O.C6H12N2/c24-21(16-11-13-19(14-12-16)29-18-9-5-2-6-10-18)20-22(25)26-15-27-23(20)28-17-7-3-1-4-8-17;1-8-4-6(5-8)2-7-3-6/h2,5-6,9-15,17,24H,1,3-4,7-8H2,(H3,25,26,27,28);7H,2-5H2,1H3. The molecule has 0 amide bonds. The Labute approximate surface area is 219 Å². The normalized spacial score (nSPS) is 18.6. The van der Waals surface area contributed by atoms with Gasteiger partial charge in [0.05, 0.1) is 11.3 Å². The third kappa shape index (κ3) is 6.09. The summed E-state index contributed by atoms with van der Waals surface area (Å²) in [4.78, 5) is 10.9. The summed E-state index contributed by atoms with van der Waals surface area (Å²) in [5, 5.41) is 15.5. The zero-order valence-electron chi connectivity index (χ0n) is 21.5. The molecule has 0 bridgehead atoms. The number of para-hydroxylation sites is 1. The van der Waals surface area contributed by atoms with Crippen molar-refractivity contribution >= 4 is 17.3 Å². The van der Waals surface area contributed by atoms with Crippen LogP contribution >= 0.6 is 0 Å². The van der Waals surface area contributed by atoms with Crippen LogP contribution in [0.3, 0.4) is 0 Å². The number of rotatable bonds is 6. The van der Waals surface area contributed by atoms with Gasteiger partial charge < -0.3 is 26.0 Å². The first-order valence-electron chi connectivity index (χ1n) is 13.2. The fourth-order valence-corrected chi connectivity index (χ4v) is 5.46. The van der Waals surface area contributed by atoms with Crippen molar-refractivity contribution < 1.29 is 4.74 Å². The topological polar surface area (TPSA) is 112 Å². The highest BCUT2D eigenvalue weighted by Gasteiger charge is 2.45. The Morgan fingerprint density at radius 1 is 1.00 bits per heavy atom. The Hall–Kier alpha value is -3.49. The fraction of sp³-hybridized carbons (Fsp3) is 0.414. The van der Waals surface area contributed by atoms with E-state index in [0.29, 0.717) is 34.7 Å². The molecule has 3 fully saturated rings. The maximum absolute atomic E-state index is 8.72. The molecule has 2 aromatic carbocycles. The molecule has 2 saturated heterocycles. The summed E-state index contributed by atoms with van der Waals surface area (Å²) in [6, 6.07) is 17.4. The Balaban J connectivity index is 0.000000295. The minimum Gasteiger partial charge on any atom is -0.457 e. The minimum atomic E-state index is 0.299. The summed E-state index contributed by atoms with van der Waals surface area (Å²) in [7, 11) is 2.18. The SMILES string of the molecule is CN1CC2(CNC2)C1.N=C(c1ccc(Oc2ccccc2)cc1)c1c(N)ncnc1NC1CCCCC1. The molecule has 1 aromatic heterocycles. The molecule has 3 aromatic rings. The number of nitrogens with two attached hydrogens (primary N) is 1. The summed E-state index contributed by atoms with van der Waals surface area (Å²) < 4.78 is 5.83. The Morgan fingerprint density at radius 2 is 1.68 bits per heavy atom. The zero-order valence-corrected chi connectivity index (χ0v) is 21.5. The molecule has 6 rings (SSSR count). The smallest absolute Gasteiger partial charge is 0.141 e. The second-order valence-corrected chi connectivity index (χ2v) is 10.6. The number of hydrogen-bond donors (Lipinski definition) is 4. The van der Waals surface area contributed by atoms with Crippen LogP contribution in [0.2, 0.25) is 0 Å². The van der Waals surface area contributed by atoms with Crippen LogP contribution in [0.25, 0.3) is 0 Å². The molecule has 0 radical (unpaired) electrons. The second kappa shape index (κ2) is 11.3. The van der Waals surface area contributed by atoms with Gasteiger partial charge in [0.15, 0.2) is 0 Å². The molecule has 37 heavy (non-hydrogen) atoms. The number of ether oxygens (including phenoxy) is 1. The maximum atomic E-state index is 8.72. The number of likely N-dealkylation sites (tertiary alicyclic amines) is 1. The summed E-state index contributed by atoms with van der Waals surface area (Å²) in [5.74, 6) is 2.44. The lowest BCUT2D eigenvalue weighted by Gasteiger charge is -2.55. The van der Waals surface area contributed by atoms with Gasteiger partial charge in [-0.25, -0.2) is 9.97 Å². The highest BCUT2D eigenvalue weighted by atomic mass is 16.5. The first-order valence-corrected chi connectivity index (χ1v) is 13.2. The van der Waals surface area contributed by atoms with Gasteiger partial charge in [0.1, 0.15) is 29.5 Å². The van der Waals surface area contributed by atoms with Crippen LogP contribution in [0.1, 0.15) is 43.2 Å². The van der Waals surface area contributed by atoms with Gasteiger partial charge in [-0.15, -0.1) is 0 Å². The monoisotopic (exact) mass is 499 g/mol. The lowest BCUT2D eigenvalue weighted by molar-refractivity contribution is -0.0218. The molecule has 2 aliphatic heterocycles. The summed E-state index contributed by atoms with van der Waals surface area (Å²) in [5.41, 5.74) is 8.46. The molecule has 5 N–H and O–H groups in total. The van der Waals surface area contributed by atoms with Crippen molar-refractivity contribution in [2.24, 2.45) is 5.41 Å². The second-order valence-electron chi connectivity index (χ2n) is 10.6. The van der Waals surface area contributed by atoms with E-state index in [9.17, 15) is 0 Å². The Morgan fingerprint density at radius 3 is 2.27 bits per heavy atom. The predicted octanol–water partition coefficient (Wildman–Crippen LogP) is 4.53. The van der Waals surface area contributed by atoms with Crippen LogP contribution in [-0.4, -0.2) is 59.8 Å². The van der Waals surface area contributed by atoms with E-state index in [4.69, 9.17) is 15.9 Å². The van der Waals surface area contributed by atoms with E-state index in [-0.39, 0.29) is 0 Å². The van der Waals surface area contributed by atoms with Crippen LogP contribution in [0, 0.1) is 10.8 Å². The fourth-order valence-electron chi connectivity index (χ4n) is 5.46. The molecule has 1 spiro atoms. The van der Waals surface area contributed by atoms with Gasteiger partial charge in [-0.1, -0.05) is 37.5 Å². The molecule has 0 atom stereocenters. The quantitative estimate of drug-likeness (QED) is 0.369. The number of nitrogens with one attached hydrogen (secondary N) is 3. The number of aromatic nitrogens is 2. The van der Waals surface area contributed by atoms with Crippen molar-refractivity contribution in [1.82, 2.24) is 20.2 Å². The van der Waals surface area contributed by atoms with Crippen LogP contribution in [-0.2, 0) is 0 Å². The van der Waals surface area contributed by atoms with E-state index in [1.807, 2.05) is 54.6 Å². The lowest BCUT2D eigenvalue weighted by Crippen LogP contribution is -2.69. The van der Waals surface area contributed by atoms with E-state index in [0.717, 1.165) is 29.6 Å². The van der Waals surface area contributed by atoms with E-state index >= 15 is 0 Å². The van der Waals surface area contributed by atoms with Crippen molar-refractivity contribution in [2.45, 2.75) is 38.1 Å². The molecule has 0 unspecified atom stereocenters. The number of nitrogen functional groups attached to an aromatic ring is 1. The van der Waals surface area contributed by atoms with Gasteiger partial charge in [-0.05, 0) is 56.3 Å². The first-order chi connectivity index (χ1) is 18.0.